The van der Waals surface area contributed by atoms with Crippen LogP contribution in [0.1, 0.15) is 27.8 Å². The molecule has 4 aromatic rings. The molecule has 1 aliphatic heterocycles. The minimum atomic E-state index is -0.495. The normalized spacial score (nSPS) is 15.1. The van der Waals surface area contributed by atoms with Gasteiger partial charge in [0.15, 0.2) is 6.29 Å². The number of halogens is 1. The van der Waals surface area contributed by atoms with E-state index in [9.17, 15) is 4.79 Å². The van der Waals surface area contributed by atoms with Crippen LogP contribution in [-0.2, 0) is 0 Å². The average molecular weight is 413 g/mol. The minimum Gasteiger partial charge on any atom is -0.345 e. The Balaban J connectivity index is 1.63. The maximum absolute atomic E-state index is 11.7. The molecule has 6 heteroatoms. The summed E-state index contributed by atoms with van der Waals surface area (Å²) in [7, 11) is 0. The summed E-state index contributed by atoms with van der Waals surface area (Å²) >= 11 is 6.25. The summed E-state index contributed by atoms with van der Waals surface area (Å²) < 4.78 is 1.69. The second-order valence-corrected chi connectivity index (χ2v) is 7.39. The van der Waals surface area contributed by atoms with Crippen molar-refractivity contribution in [2.45, 2.75) is 6.29 Å². The molecule has 0 bridgehead atoms. The quantitative estimate of drug-likeness (QED) is 0.454. The smallest absolute Gasteiger partial charge is 0.216 e. The first-order chi connectivity index (χ1) is 14.7. The molecule has 146 valence electrons. The number of aromatic nitrogens is 2. The number of benzene rings is 3. The summed E-state index contributed by atoms with van der Waals surface area (Å²) in [6, 6.07) is 25.3. The number of aldehydes is 1. The van der Waals surface area contributed by atoms with E-state index in [0.717, 1.165) is 34.4 Å². The standard InChI is InChI=1S/C24H17ClN4O/c25-19-11-12-21-20(13-19)23(17-9-5-2-6-10-17)27-24(26-21)29-14-18(15-30)22(28-29)16-7-3-1-4-8-16/h1-15,24,26H/t24-/m0/s1. The van der Waals surface area contributed by atoms with Crippen LogP contribution in [0.15, 0.2) is 90.1 Å². The molecule has 0 fully saturated rings. The first-order valence-corrected chi connectivity index (χ1v) is 9.90. The fraction of sp³-hybridized carbons (Fsp3) is 0.0417. The van der Waals surface area contributed by atoms with Crippen molar-refractivity contribution in [3.05, 3.63) is 107 Å². The summed E-state index contributed by atoms with van der Waals surface area (Å²) in [4.78, 5) is 16.6. The Labute approximate surface area is 178 Å². The Kier molecular flexibility index (Phi) is 4.65. The molecule has 0 radical (unpaired) electrons. The second kappa shape index (κ2) is 7.61. The molecule has 0 aliphatic carbocycles. The SMILES string of the molecule is O=Cc1cn([C@@H]2N=C(c3ccccc3)c3cc(Cl)ccc3N2)nc1-c1ccccc1. The van der Waals surface area contributed by atoms with Gasteiger partial charge in [-0.1, -0.05) is 72.3 Å². The largest absolute Gasteiger partial charge is 0.345 e. The van der Waals surface area contributed by atoms with Gasteiger partial charge in [-0.3, -0.25) is 4.79 Å². The summed E-state index contributed by atoms with van der Waals surface area (Å²) in [5.41, 5.74) is 5.67. The molecule has 5 nitrogen and oxygen atoms in total. The Morgan fingerprint density at radius 3 is 2.33 bits per heavy atom. The van der Waals surface area contributed by atoms with E-state index in [0.29, 0.717) is 16.3 Å². The van der Waals surface area contributed by atoms with Gasteiger partial charge in [0.2, 0.25) is 6.29 Å². The molecule has 0 spiro atoms. The maximum atomic E-state index is 11.7. The van der Waals surface area contributed by atoms with Crippen molar-refractivity contribution >= 4 is 29.3 Å². The van der Waals surface area contributed by atoms with E-state index in [2.05, 4.69) is 10.4 Å². The van der Waals surface area contributed by atoms with Crippen molar-refractivity contribution in [2.75, 3.05) is 5.32 Å². The highest BCUT2D eigenvalue weighted by atomic mass is 35.5. The lowest BCUT2D eigenvalue weighted by Gasteiger charge is -2.26. The lowest BCUT2D eigenvalue weighted by atomic mass is 9.99. The minimum absolute atomic E-state index is 0.495. The van der Waals surface area contributed by atoms with Gasteiger partial charge in [-0.2, -0.15) is 5.10 Å². The first kappa shape index (κ1) is 18.3. The molecule has 1 aromatic heterocycles. The van der Waals surface area contributed by atoms with E-state index >= 15 is 0 Å². The Morgan fingerprint density at radius 2 is 1.63 bits per heavy atom. The predicted molar refractivity (Wildman–Crippen MR) is 119 cm³/mol. The molecule has 1 N–H and O–H groups in total. The summed E-state index contributed by atoms with van der Waals surface area (Å²) in [5, 5.41) is 8.72. The zero-order valence-electron chi connectivity index (χ0n) is 15.9. The lowest BCUT2D eigenvalue weighted by molar-refractivity contribution is 0.112. The Hall–Kier alpha value is -3.70. The van der Waals surface area contributed by atoms with Crippen LogP contribution in [0.5, 0.6) is 0 Å². The van der Waals surface area contributed by atoms with Gasteiger partial charge in [0, 0.05) is 33.6 Å². The van der Waals surface area contributed by atoms with E-state index in [1.54, 1.807) is 10.9 Å². The average Bonchev–Trinajstić information content (AvgIpc) is 3.24. The molecule has 1 aliphatic rings. The van der Waals surface area contributed by atoms with Crippen molar-refractivity contribution in [2.24, 2.45) is 4.99 Å². The highest BCUT2D eigenvalue weighted by Gasteiger charge is 2.24. The molecule has 1 atom stereocenters. The van der Waals surface area contributed by atoms with Gasteiger partial charge in [-0.15, -0.1) is 0 Å². The zero-order chi connectivity index (χ0) is 20.5. The molecule has 0 saturated carbocycles. The van der Waals surface area contributed by atoms with Crippen molar-refractivity contribution in [3.63, 3.8) is 0 Å². The summed E-state index contributed by atoms with van der Waals surface area (Å²) in [6.45, 7) is 0. The molecule has 0 unspecified atom stereocenters. The van der Waals surface area contributed by atoms with Crippen molar-refractivity contribution < 1.29 is 4.79 Å². The van der Waals surface area contributed by atoms with Gasteiger partial charge in [-0.25, -0.2) is 9.67 Å². The van der Waals surface area contributed by atoms with E-state index < -0.39 is 6.29 Å². The number of fused-ring (bicyclic) bond motifs is 1. The molecule has 30 heavy (non-hydrogen) atoms. The van der Waals surface area contributed by atoms with Crippen LogP contribution in [0.3, 0.4) is 0 Å². The van der Waals surface area contributed by atoms with Crippen LogP contribution in [0.25, 0.3) is 11.3 Å². The topological polar surface area (TPSA) is 59.3 Å². The zero-order valence-corrected chi connectivity index (χ0v) is 16.6. The molecule has 2 heterocycles. The number of carbonyl (C=O) groups excluding carboxylic acids is 1. The third-order valence-corrected chi connectivity index (χ3v) is 5.24. The lowest BCUT2D eigenvalue weighted by Crippen LogP contribution is -2.25. The Morgan fingerprint density at radius 1 is 0.933 bits per heavy atom. The van der Waals surface area contributed by atoms with Gasteiger partial charge in [0.25, 0.3) is 0 Å². The number of carbonyl (C=O) groups is 1. The van der Waals surface area contributed by atoms with Crippen molar-refractivity contribution in [3.8, 4) is 11.3 Å². The van der Waals surface area contributed by atoms with E-state index in [1.807, 2.05) is 78.9 Å². The van der Waals surface area contributed by atoms with Crippen LogP contribution in [0.2, 0.25) is 5.02 Å². The van der Waals surface area contributed by atoms with Gasteiger partial charge >= 0.3 is 0 Å². The molecule has 5 rings (SSSR count). The Bertz CT molecular complexity index is 1250. The van der Waals surface area contributed by atoms with E-state index in [-0.39, 0.29) is 0 Å². The predicted octanol–water partition coefficient (Wildman–Crippen LogP) is 5.44. The van der Waals surface area contributed by atoms with Gasteiger partial charge in [0.05, 0.1) is 11.3 Å². The molecule has 3 aromatic carbocycles. The van der Waals surface area contributed by atoms with Gasteiger partial charge < -0.3 is 5.32 Å². The maximum Gasteiger partial charge on any atom is 0.216 e. The summed E-state index contributed by atoms with van der Waals surface area (Å²) in [5.74, 6) is 0. The number of nitrogens with zero attached hydrogens (tertiary/aromatic N) is 3. The monoisotopic (exact) mass is 412 g/mol. The molecule has 0 saturated heterocycles. The van der Waals surface area contributed by atoms with E-state index in [4.69, 9.17) is 16.6 Å². The fourth-order valence-electron chi connectivity index (χ4n) is 3.59. The van der Waals surface area contributed by atoms with Crippen LogP contribution in [0, 0.1) is 0 Å². The van der Waals surface area contributed by atoms with Crippen molar-refractivity contribution in [1.29, 1.82) is 0 Å². The number of hydrogen-bond donors (Lipinski definition) is 1. The highest BCUT2D eigenvalue weighted by Crippen LogP contribution is 2.32. The summed E-state index contributed by atoms with van der Waals surface area (Å²) in [6.07, 6.45) is 2.05. The third-order valence-electron chi connectivity index (χ3n) is 5.00. The van der Waals surface area contributed by atoms with Crippen LogP contribution in [0.4, 0.5) is 5.69 Å². The van der Waals surface area contributed by atoms with Crippen LogP contribution < -0.4 is 5.32 Å². The number of nitrogens with one attached hydrogen (secondary N) is 1. The molecular formula is C24H17ClN4O. The van der Waals surface area contributed by atoms with E-state index in [1.165, 1.54) is 0 Å². The third kappa shape index (κ3) is 3.29. The number of hydrogen-bond acceptors (Lipinski definition) is 4. The highest BCUT2D eigenvalue weighted by molar-refractivity contribution is 6.31. The second-order valence-electron chi connectivity index (χ2n) is 6.95. The van der Waals surface area contributed by atoms with Crippen molar-refractivity contribution in [1.82, 2.24) is 9.78 Å². The molecule has 0 amide bonds. The first-order valence-electron chi connectivity index (χ1n) is 9.52. The number of anilines is 1. The fourth-order valence-corrected chi connectivity index (χ4v) is 3.76. The van der Waals surface area contributed by atoms with Gasteiger partial charge in [0.1, 0.15) is 5.69 Å². The number of rotatable bonds is 4. The van der Waals surface area contributed by atoms with Crippen LogP contribution >= 0.6 is 11.6 Å². The van der Waals surface area contributed by atoms with Gasteiger partial charge in [-0.05, 0) is 18.2 Å². The number of aliphatic imine (C=N–C) groups is 1. The van der Waals surface area contributed by atoms with Crippen LogP contribution in [-0.4, -0.2) is 21.8 Å². The molecular weight excluding hydrogens is 396 g/mol.